The molecule has 0 atom stereocenters. The molecule has 126 valence electrons. The number of nitrogens with zero attached hydrogens (tertiary/aromatic N) is 3. The van der Waals surface area contributed by atoms with E-state index in [1.54, 1.807) is 10.6 Å². The van der Waals surface area contributed by atoms with E-state index in [2.05, 4.69) is 15.5 Å². The van der Waals surface area contributed by atoms with Crippen molar-refractivity contribution in [1.29, 1.82) is 0 Å². The molecule has 1 N–H and O–H groups in total. The summed E-state index contributed by atoms with van der Waals surface area (Å²) in [6.07, 6.45) is 0.702. The standard InChI is InChI=1S/C19H18N4O2/c1-2-23-18(24)14-8-3-5-9-15(14)20-19(23)22-21-16-11-12-25-17-10-6-4-7-13(16)17/h3-10H,2,11-12H2,1H3,(H,20,22)/b21-16-. The van der Waals surface area contributed by atoms with Crippen LogP contribution in [0.2, 0.25) is 0 Å². The molecule has 1 aliphatic rings. The van der Waals surface area contributed by atoms with Crippen LogP contribution in [0.5, 0.6) is 5.75 Å². The predicted octanol–water partition coefficient (Wildman–Crippen LogP) is 3.02. The minimum atomic E-state index is -0.0665. The van der Waals surface area contributed by atoms with Gasteiger partial charge in [0.25, 0.3) is 5.56 Å². The molecule has 0 radical (unpaired) electrons. The van der Waals surface area contributed by atoms with Crippen molar-refractivity contribution in [2.24, 2.45) is 5.10 Å². The molecule has 6 nitrogen and oxygen atoms in total. The number of hydrogen-bond acceptors (Lipinski definition) is 5. The van der Waals surface area contributed by atoms with Crippen LogP contribution in [0.25, 0.3) is 10.9 Å². The fraction of sp³-hybridized carbons (Fsp3) is 0.211. The van der Waals surface area contributed by atoms with Crippen LogP contribution in [0.15, 0.2) is 58.4 Å². The van der Waals surface area contributed by atoms with E-state index in [1.807, 2.05) is 49.4 Å². The predicted molar refractivity (Wildman–Crippen MR) is 98.4 cm³/mol. The molecule has 2 aromatic carbocycles. The fourth-order valence-corrected chi connectivity index (χ4v) is 3.00. The third-order valence-electron chi connectivity index (χ3n) is 4.26. The van der Waals surface area contributed by atoms with Gasteiger partial charge in [-0.1, -0.05) is 24.3 Å². The summed E-state index contributed by atoms with van der Waals surface area (Å²) in [5, 5.41) is 5.13. The Morgan fingerprint density at radius 3 is 2.88 bits per heavy atom. The highest BCUT2D eigenvalue weighted by molar-refractivity contribution is 6.04. The first kappa shape index (κ1) is 15.4. The van der Waals surface area contributed by atoms with E-state index in [4.69, 9.17) is 4.74 Å². The van der Waals surface area contributed by atoms with Gasteiger partial charge in [0.2, 0.25) is 5.95 Å². The Morgan fingerprint density at radius 2 is 2.00 bits per heavy atom. The molecule has 1 aromatic heterocycles. The highest BCUT2D eigenvalue weighted by atomic mass is 16.5. The Kier molecular flexibility index (Phi) is 3.93. The zero-order valence-corrected chi connectivity index (χ0v) is 13.9. The molecule has 0 aliphatic carbocycles. The third kappa shape index (κ3) is 2.76. The number of nitrogens with one attached hydrogen (secondary N) is 1. The Balaban J connectivity index is 1.76. The summed E-state index contributed by atoms with van der Waals surface area (Å²) in [6, 6.07) is 15.2. The number of para-hydroxylation sites is 2. The lowest BCUT2D eigenvalue weighted by Gasteiger charge is -2.19. The smallest absolute Gasteiger partial charge is 0.262 e. The molecule has 0 fully saturated rings. The number of benzene rings is 2. The minimum Gasteiger partial charge on any atom is -0.492 e. The molecule has 2 heterocycles. The van der Waals surface area contributed by atoms with Gasteiger partial charge in [0.05, 0.1) is 23.2 Å². The number of aromatic nitrogens is 2. The van der Waals surface area contributed by atoms with Crippen molar-refractivity contribution < 1.29 is 4.74 Å². The van der Waals surface area contributed by atoms with Crippen LogP contribution in [-0.2, 0) is 6.54 Å². The zero-order chi connectivity index (χ0) is 17.2. The van der Waals surface area contributed by atoms with E-state index in [1.165, 1.54) is 0 Å². The van der Waals surface area contributed by atoms with Crippen molar-refractivity contribution in [3.8, 4) is 5.75 Å². The van der Waals surface area contributed by atoms with E-state index in [-0.39, 0.29) is 5.56 Å². The normalized spacial score (nSPS) is 15.0. The number of hydrogen-bond donors (Lipinski definition) is 1. The molecule has 0 saturated carbocycles. The van der Waals surface area contributed by atoms with E-state index in [0.29, 0.717) is 36.4 Å². The van der Waals surface area contributed by atoms with Crippen LogP contribution in [0, 0.1) is 0 Å². The van der Waals surface area contributed by atoms with Gasteiger partial charge >= 0.3 is 0 Å². The first-order valence-corrected chi connectivity index (χ1v) is 8.32. The SMILES string of the molecule is CCn1c(N/N=C2/CCOc3ccccc32)nc2ccccc2c1=O. The lowest BCUT2D eigenvalue weighted by atomic mass is 10.0. The summed E-state index contributed by atoms with van der Waals surface area (Å²) >= 11 is 0. The molecule has 0 unspecified atom stereocenters. The summed E-state index contributed by atoms with van der Waals surface area (Å²) in [5.41, 5.74) is 5.45. The highest BCUT2D eigenvalue weighted by Gasteiger charge is 2.16. The second-order valence-electron chi connectivity index (χ2n) is 5.77. The maximum atomic E-state index is 12.6. The molecular formula is C19H18N4O2. The van der Waals surface area contributed by atoms with Crippen LogP contribution in [0.3, 0.4) is 0 Å². The summed E-state index contributed by atoms with van der Waals surface area (Å²) in [4.78, 5) is 17.2. The number of hydrazone groups is 1. The van der Waals surface area contributed by atoms with Gasteiger partial charge in [-0.25, -0.2) is 10.4 Å². The molecule has 0 saturated heterocycles. The molecule has 1 aliphatic heterocycles. The lowest BCUT2D eigenvalue weighted by molar-refractivity contribution is 0.320. The molecule has 0 spiro atoms. The van der Waals surface area contributed by atoms with Crippen LogP contribution < -0.4 is 15.7 Å². The van der Waals surface area contributed by atoms with Crippen molar-refractivity contribution in [3.63, 3.8) is 0 Å². The molecule has 4 rings (SSSR count). The van der Waals surface area contributed by atoms with Crippen LogP contribution >= 0.6 is 0 Å². The second-order valence-corrected chi connectivity index (χ2v) is 5.77. The molecule has 0 amide bonds. The number of rotatable bonds is 3. The number of ether oxygens (including phenoxy) is 1. The maximum absolute atomic E-state index is 12.6. The minimum absolute atomic E-state index is 0.0665. The van der Waals surface area contributed by atoms with Gasteiger partial charge in [-0.15, -0.1) is 0 Å². The summed E-state index contributed by atoms with van der Waals surface area (Å²) < 4.78 is 7.24. The van der Waals surface area contributed by atoms with Gasteiger partial charge in [0.15, 0.2) is 0 Å². The van der Waals surface area contributed by atoms with E-state index in [9.17, 15) is 4.79 Å². The topological polar surface area (TPSA) is 68.5 Å². The fourth-order valence-electron chi connectivity index (χ4n) is 3.00. The average molecular weight is 334 g/mol. The number of anilines is 1. The van der Waals surface area contributed by atoms with Crippen LogP contribution in [-0.4, -0.2) is 21.9 Å². The van der Waals surface area contributed by atoms with E-state index >= 15 is 0 Å². The zero-order valence-electron chi connectivity index (χ0n) is 13.9. The Bertz CT molecular complexity index is 1020. The van der Waals surface area contributed by atoms with Gasteiger partial charge in [0.1, 0.15) is 5.75 Å². The molecule has 25 heavy (non-hydrogen) atoms. The summed E-state index contributed by atoms with van der Waals surface area (Å²) in [6.45, 7) is 3.02. The van der Waals surface area contributed by atoms with Crippen LogP contribution in [0.1, 0.15) is 18.9 Å². The largest absolute Gasteiger partial charge is 0.492 e. The monoisotopic (exact) mass is 334 g/mol. The lowest BCUT2D eigenvalue weighted by Crippen LogP contribution is -2.24. The Morgan fingerprint density at radius 1 is 1.20 bits per heavy atom. The van der Waals surface area contributed by atoms with E-state index < -0.39 is 0 Å². The van der Waals surface area contributed by atoms with Gasteiger partial charge < -0.3 is 4.74 Å². The van der Waals surface area contributed by atoms with Gasteiger partial charge in [-0.05, 0) is 31.2 Å². The Labute approximate surface area is 144 Å². The molecule has 3 aromatic rings. The average Bonchev–Trinajstić information content (AvgIpc) is 2.66. The van der Waals surface area contributed by atoms with Crippen molar-refractivity contribution in [1.82, 2.24) is 9.55 Å². The number of fused-ring (bicyclic) bond motifs is 2. The highest BCUT2D eigenvalue weighted by Crippen LogP contribution is 2.24. The first-order valence-electron chi connectivity index (χ1n) is 8.32. The maximum Gasteiger partial charge on any atom is 0.262 e. The van der Waals surface area contributed by atoms with Gasteiger partial charge in [-0.2, -0.15) is 5.10 Å². The first-order chi connectivity index (χ1) is 12.3. The molecule has 6 heteroatoms. The Hall–Kier alpha value is -3.15. The van der Waals surface area contributed by atoms with Crippen molar-refractivity contribution >= 4 is 22.6 Å². The second kappa shape index (κ2) is 6.39. The molecular weight excluding hydrogens is 316 g/mol. The van der Waals surface area contributed by atoms with Gasteiger partial charge in [0, 0.05) is 18.5 Å². The van der Waals surface area contributed by atoms with Crippen LogP contribution in [0.4, 0.5) is 5.95 Å². The van der Waals surface area contributed by atoms with E-state index in [0.717, 1.165) is 17.0 Å². The summed E-state index contributed by atoms with van der Waals surface area (Å²) in [7, 11) is 0. The van der Waals surface area contributed by atoms with Crippen molar-refractivity contribution in [2.75, 3.05) is 12.0 Å². The third-order valence-corrected chi connectivity index (χ3v) is 4.26. The summed E-state index contributed by atoms with van der Waals surface area (Å²) in [5.74, 6) is 1.27. The van der Waals surface area contributed by atoms with Crippen molar-refractivity contribution in [3.05, 3.63) is 64.4 Å². The molecule has 0 bridgehead atoms. The van der Waals surface area contributed by atoms with Crippen molar-refractivity contribution in [2.45, 2.75) is 19.9 Å². The quantitative estimate of drug-likeness (QED) is 0.748. The van der Waals surface area contributed by atoms with Gasteiger partial charge in [-0.3, -0.25) is 9.36 Å².